The number of anilines is 2. The van der Waals surface area contributed by atoms with Gasteiger partial charge in [0.25, 0.3) is 5.91 Å². The predicted molar refractivity (Wildman–Crippen MR) is 107 cm³/mol. The fourth-order valence-electron chi connectivity index (χ4n) is 3.65. The maximum Gasteiger partial charge on any atom is 0.253 e. The van der Waals surface area contributed by atoms with Gasteiger partial charge in [0, 0.05) is 25.7 Å². The standard InChI is InChI=1S/C19H28N4O2.ClH/c1-13-18(24)21-16-12-15(4-5-17(16)22(13)3)19(25)23-10-7-14(8-11-23)6-9-20-2;/h4-5,12-14,20H,6-11H2,1-3H3,(H,21,24);1H. The van der Waals surface area contributed by atoms with Crippen molar-refractivity contribution in [2.24, 2.45) is 5.92 Å². The molecule has 2 N–H and O–H groups in total. The Labute approximate surface area is 161 Å². The zero-order valence-corrected chi connectivity index (χ0v) is 16.6. The average Bonchev–Trinajstić information content (AvgIpc) is 2.64. The number of nitrogens with zero attached hydrogens (tertiary/aromatic N) is 2. The molecule has 26 heavy (non-hydrogen) atoms. The number of halogens is 1. The number of likely N-dealkylation sites (tertiary alicyclic amines) is 1. The number of benzene rings is 1. The molecule has 3 rings (SSSR count). The van der Waals surface area contributed by atoms with Crippen molar-refractivity contribution >= 4 is 35.6 Å². The molecule has 1 fully saturated rings. The Kier molecular flexibility index (Phi) is 6.89. The zero-order valence-electron chi connectivity index (χ0n) is 15.7. The van der Waals surface area contributed by atoms with Crippen LogP contribution in [0.2, 0.25) is 0 Å². The van der Waals surface area contributed by atoms with Crippen molar-refractivity contribution in [1.82, 2.24) is 10.2 Å². The van der Waals surface area contributed by atoms with Crippen LogP contribution in [0.5, 0.6) is 0 Å². The SMILES string of the molecule is CNCCC1CCN(C(=O)c2ccc3c(c2)NC(=O)C(C)N3C)CC1.Cl. The lowest BCUT2D eigenvalue weighted by Gasteiger charge is -2.34. The Morgan fingerprint density at radius 1 is 1.31 bits per heavy atom. The molecule has 0 radical (unpaired) electrons. The predicted octanol–water partition coefficient (Wildman–Crippen LogP) is 2.35. The van der Waals surface area contributed by atoms with E-state index in [0.29, 0.717) is 11.5 Å². The van der Waals surface area contributed by atoms with E-state index in [1.807, 2.05) is 49.0 Å². The van der Waals surface area contributed by atoms with E-state index in [0.717, 1.165) is 43.9 Å². The van der Waals surface area contributed by atoms with Gasteiger partial charge < -0.3 is 20.4 Å². The van der Waals surface area contributed by atoms with E-state index < -0.39 is 0 Å². The third-order valence-corrected chi connectivity index (χ3v) is 5.55. The molecule has 2 amide bonds. The molecule has 0 spiro atoms. The molecule has 0 aromatic heterocycles. The summed E-state index contributed by atoms with van der Waals surface area (Å²) < 4.78 is 0. The second-order valence-electron chi connectivity index (χ2n) is 7.14. The highest BCUT2D eigenvalue weighted by molar-refractivity contribution is 6.05. The van der Waals surface area contributed by atoms with Crippen molar-refractivity contribution in [3.63, 3.8) is 0 Å². The highest BCUT2D eigenvalue weighted by Crippen LogP contribution is 2.32. The summed E-state index contributed by atoms with van der Waals surface area (Å²) >= 11 is 0. The van der Waals surface area contributed by atoms with Crippen LogP contribution >= 0.6 is 12.4 Å². The first-order chi connectivity index (χ1) is 12.0. The van der Waals surface area contributed by atoms with Gasteiger partial charge in [0.15, 0.2) is 0 Å². The van der Waals surface area contributed by atoms with E-state index in [1.165, 1.54) is 6.42 Å². The minimum Gasteiger partial charge on any atom is -0.361 e. The molecule has 2 aliphatic heterocycles. The molecule has 1 aromatic carbocycles. The number of amides is 2. The molecular weight excluding hydrogens is 352 g/mol. The molecule has 1 atom stereocenters. The largest absolute Gasteiger partial charge is 0.361 e. The van der Waals surface area contributed by atoms with Crippen LogP contribution < -0.4 is 15.5 Å². The van der Waals surface area contributed by atoms with Crippen LogP contribution in [0.15, 0.2) is 18.2 Å². The topological polar surface area (TPSA) is 64.7 Å². The molecule has 6 nitrogen and oxygen atoms in total. The fourth-order valence-corrected chi connectivity index (χ4v) is 3.65. The van der Waals surface area contributed by atoms with Crippen LogP contribution in [-0.4, -0.2) is 56.5 Å². The molecule has 0 aliphatic carbocycles. The Morgan fingerprint density at radius 3 is 2.65 bits per heavy atom. The monoisotopic (exact) mass is 380 g/mol. The molecule has 1 saturated heterocycles. The van der Waals surface area contributed by atoms with Crippen LogP contribution in [0.3, 0.4) is 0 Å². The first-order valence-corrected chi connectivity index (χ1v) is 9.13. The van der Waals surface area contributed by atoms with Gasteiger partial charge >= 0.3 is 0 Å². The number of fused-ring (bicyclic) bond motifs is 1. The number of piperidine rings is 1. The maximum atomic E-state index is 12.8. The van der Waals surface area contributed by atoms with Crippen molar-refractivity contribution in [1.29, 1.82) is 0 Å². The Hall–Kier alpha value is -1.79. The van der Waals surface area contributed by atoms with Gasteiger partial charge in [0.2, 0.25) is 5.91 Å². The molecule has 2 aliphatic rings. The normalized spacial score (nSPS) is 20.3. The Balaban J connectivity index is 0.00000243. The lowest BCUT2D eigenvalue weighted by atomic mass is 9.93. The first-order valence-electron chi connectivity index (χ1n) is 9.13. The van der Waals surface area contributed by atoms with E-state index in [4.69, 9.17) is 0 Å². The van der Waals surface area contributed by atoms with E-state index in [-0.39, 0.29) is 30.3 Å². The van der Waals surface area contributed by atoms with Crippen molar-refractivity contribution in [3.05, 3.63) is 23.8 Å². The molecule has 1 aromatic rings. The van der Waals surface area contributed by atoms with Crippen LogP contribution in [0.1, 0.15) is 36.5 Å². The third-order valence-electron chi connectivity index (χ3n) is 5.55. The smallest absolute Gasteiger partial charge is 0.253 e. The second-order valence-corrected chi connectivity index (χ2v) is 7.14. The summed E-state index contributed by atoms with van der Waals surface area (Å²) in [4.78, 5) is 28.7. The second kappa shape index (κ2) is 8.73. The number of nitrogens with one attached hydrogen (secondary N) is 2. The van der Waals surface area contributed by atoms with Crippen LogP contribution in [0.25, 0.3) is 0 Å². The van der Waals surface area contributed by atoms with Crippen LogP contribution in [-0.2, 0) is 4.79 Å². The first kappa shape index (κ1) is 20.5. The highest BCUT2D eigenvalue weighted by atomic mass is 35.5. The lowest BCUT2D eigenvalue weighted by Crippen LogP contribution is -2.44. The lowest BCUT2D eigenvalue weighted by molar-refractivity contribution is -0.117. The van der Waals surface area contributed by atoms with Gasteiger partial charge in [0.1, 0.15) is 6.04 Å². The highest BCUT2D eigenvalue weighted by Gasteiger charge is 2.28. The van der Waals surface area contributed by atoms with E-state index in [1.54, 1.807) is 0 Å². The summed E-state index contributed by atoms with van der Waals surface area (Å²) in [5, 5.41) is 6.11. The summed E-state index contributed by atoms with van der Waals surface area (Å²) in [5.41, 5.74) is 2.32. The van der Waals surface area contributed by atoms with Crippen molar-refractivity contribution in [2.75, 3.05) is 43.9 Å². The van der Waals surface area contributed by atoms with Crippen LogP contribution in [0, 0.1) is 5.92 Å². The minimum absolute atomic E-state index is 0. The number of hydrogen-bond acceptors (Lipinski definition) is 4. The molecule has 0 saturated carbocycles. The summed E-state index contributed by atoms with van der Waals surface area (Å²) in [6.45, 7) is 4.53. The summed E-state index contributed by atoms with van der Waals surface area (Å²) in [5.74, 6) is 0.727. The van der Waals surface area contributed by atoms with Gasteiger partial charge in [-0.3, -0.25) is 9.59 Å². The molecule has 2 heterocycles. The van der Waals surface area contributed by atoms with E-state index in [9.17, 15) is 9.59 Å². The van der Waals surface area contributed by atoms with Gasteiger partial charge in [-0.05, 0) is 63.9 Å². The number of carbonyl (C=O) groups is 2. The van der Waals surface area contributed by atoms with E-state index in [2.05, 4.69) is 10.6 Å². The van der Waals surface area contributed by atoms with Gasteiger partial charge in [-0.15, -0.1) is 12.4 Å². The molecule has 1 unspecified atom stereocenters. The fraction of sp³-hybridized carbons (Fsp3) is 0.579. The average molecular weight is 381 g/mol. The van der Waals surface area contributed by atoms with Gasteiger partial charge in [-0.25, -0.2) is 0 Å². The summed E-state index contributed by atoms with van der Waals surface area (Å²) in [6, 6.07) is 5.41. The van der Waals surface area contributed by atoms with Crippen molar-refractivity contribution < 1.29 is 9.59 Å². The quantitative estimate of drug-likeness (QED) is 0.841. The Morgan fingerprint density at radius 2 is 2.00 bits per heavy atom. The molecular formula is C19H29ClN4O2. The molecule has 7 heteroatoms. The van der Waals surface area contributed by atoms with Crippen molar-refractivity contribution in [3.8, 4) is 0 Å². The summed E-state index contributed by atoms with van der Waals surface area (Å²) in [6.07, 6.45) is 3.30. The van der Waals surface area contributed by atoms with Gasteiger partial charge in [-0.2, -0.15) is 0 Å². The van der Waals surface area contributed by atoms with E-state index >= 15 is 0 Å². The third kappa shape index (κ3) is 4.13. The maximum absolute atomic E-state index is 12.8. The number of likely N-dealkylation sites (N-methyl/N-ethyl adjacent to an activating group) is 1. The number of carbonyl (C=O) groups excluding carboxylic acids is 2. The van der Waals surface area contributed by atoms with Crippen molar-refractivity contribution in [2.45, 2.75) is 32.2 Å². The molecule has 0 bridgehead atoms. The minimum atomic E-state index is -0.203. The van der Waals surface area contributed by atoms with Crippen LogP contribution in [0.4, 0.5) is 11.4 Å². The zero-order chi connectivity index (χ0) is 18.0. The summed E-state index contributed by atoms with van der Waals surface area (Å²) in [7, 11) is 3.88. The molecule has 144 valence electrons. The van der Waals surface area contributed by atoms with Gasteiger partial charge in [-0.1, -0.05) is 0 Å². The Bertz CT molecular complexity index is 659. The van der Waals surface area contributed by atoms with Gasteiger partial charge in [0.05, 0.1) is 11.4 Å². The number of rotatable bonds is 4. The number of hydrogen-bond donors (Lipinski definition) is 2.